The molecule has 23 heavy (non-hydrogen) atoms. The molecule has 142 valence electrons. The summed E-state index contributed by atoms with van der Waals surface area (Å²) in [5.74, 6) is 0.652. The molecule has 0 heterocycles. The molecule has 0 aliphatic heterocycles. The van der Waals surface area contributed by atoms with E-state index in [-0.39, 0.29) is 0 Å². The summed E-state index contributed by atoms with van der Waals surface area (Å²) in [7, 11) is 3.29. The van der Waals surface area contributed by atoms with Gasteiger partial charge in [0.25, 0.3) is 0 Å². The fourth-order valence-corrected chi connectivity index (χ4v) is 9.66. The lowest BCUT2D eigenvalue weighted by Crippen LogP contribution is -2.46. The van der Waals surface area contributed by atoms with Crippen molar-refractivity contribution in [3.05, 3.63) is 0 Å². The molecule has 0 unspecified atom stereocenters. The topological polar surface area (TPSA) is 36.9 Å². The van der Waals surface area contributed by atoms with Crippen LogP contribution in [0.2, 0.25) is 22.7 Å². The van der Waals surface area contributed by atoms with Crippen molar-refractivity contribution in [1.82, 2.24) is 0 Å². The summed E-state index contributed by atoms with van der Waals surface area (Å²) in [6, 6.07) is 1.08. The van der Waals surface area contributed by atoms with Crippen LogP contribution in [-0.2, 0) is 17.7 Å². The predicted octanol–water partition coefficient (Wildman–Crippen LogP) is 5.33. The smallest absolute Gasteiger partial charge is 0.342 e. The van der Waals surface area contributed by atoms with Gasteiger partial charge in [0.1, 0.15) is 0 Å². The van der Waals surface area contributed by atoms with Crippen LogP contribution < -0.4 is 0 Å². The molecule has 0 aromatic rings. The maximum Gasteiger partial charge on any atom is 0.342 e. The van der Waals surface area contributed by atoms with Gasteiger partial charge < -0.3 is 17.7 Å². The van der Waals surface area contributed by atoms with E-state index in [1.807, 2.05) is 0 Å². The van der Waals surface area contributed by atoms with Gasteiger partial charge in [-0.15, -0.1) is 0 Å². The molecule has 4 nitrogen and oxygen atoms in total. The summed E-state index contributed by atoms with van der Waals surface area (Å²) < 4.78 is 22.2. The zero-order valence-electron chi connectivity index (χ0n) is 17.6. The second-order valence-electron chi connectivity index (χ2n) is 7.41. The van der Waals surface area contributed by atoms with Gasteiger partial charge in [0.2, 0.25) is 0 Å². The Kier molecular flexibility index (Phi) is 13.0. The molecule has 0 saturated heterocycles. The van der Waals surface area contributed by atoms with Gasteiger partial charge in [-0.25, -0.2) is 0 Å². The largest absolute Gasteiger partial charge is 0.397 e. The summed E-state index contributed by atoms with van der Waals surface area (Å²) in [4.78, 5) is 0. The SMILES string of the molecule is CO[Si](CC(C)C)(OC)C(C)C.CO[Si](OC)(C(C)C)C(C)C. The van der Waals surface area contributed by atoms with Crippen LogP contribution in [0.3, 0.4) is 0 Å². The third kappa shape index (κ3) is 7.36. The van der Waals surface area contributed by atoms with Crippen LogP contribution in [0.15, 0.2) is 0 Å². The van der Waals surface area contributed by atoms with Gasteiger partial charge in [0, 0.05) is 28.4 Å². The summed E-state index contributed by atoms with van der Waals surface area (Å²) in [5, 5.41) is 0. The molecule has 0 saturated carbocycles. The van der Waals surface area contributed by atoms with E-state index in [2.05, 4.69) is 55.4 Å². The average molecular weight is 367 g/mol. The zero-order chi connectivity index (χ0) is 18.8. The normalized spacial score (nSPS) is 13.0. The number of rotatable bonds is 9. The summed E-state index contributed by atoms with van der Waals surface area (Å²) in [6.45, 7) is 17.4. The molecule has 0 rings (SSSR count). The molecule has 0 fully saturated rings. The summed E-state index contributed by atoms with van der Waals surface area (Å²) >= 11 is 0. The van der Waals surface area contributed by atoms with Crippen LogP contribution in [0, 0.1) is 5.92 Å². The molecular weight excluding hydrogens is 324 g/mol. The third-order valence-electron chi connectivity index (χ3n) is 4.51. The van der Waals surface area contributed by atoms with Gasteiger partial charge in [0.05, 0.1) is 0 Å². The molecule has 0 aliphatic rings. The first-order valence-corrected chi connectivity index (χ1v) is 12.8. The Labute approximate surface area is 147 Å². The minimum absolute atomic E-state index is 0.512. The van der Waals surface area contributed by atoms with Crippen LogP contribution in [0.1, 0.15) is 55.4 Å². The highest BCUT2D eigenvalue weighted by Crippen LogP contribution is 2.32. The summed E-state index contributed by atoms with van der Waals surface area (Å²) in [6.07, 6.45) is 0. The maximum atomic E-state index is 5.58. The lowest BCUT2D eigenvalue weighted by Gasteiger charge is -2.34. The molecule has 6 heteroatoms. The Morgan fingerprint density at radius 3 is 0.957 bits per heavy atom. The maximum absolute atomic E-state index is 5.58. The molecule has 0 aliphatic carbocycles. The van der Waals surface area contributed by atoms with E-state index in [1.54, 1.807) is 28.4 Å². The molecular formula is C17H42O4Si2. The molecule has 0 aromatic carbocycles. The van der Waals surface area contributed by atoms with Crippen molar-refractivity contribution in [2.24, 2.45) is 5.92 Å². The fraction of sp³-hybridized carbons (Fsp3) is 1.00. The number of hydrogen-bond acceptors (Lipinski definition) is 4. The van der Waals surface area contributed by atoms with Gasteiger partial charge in [-0.05, 0) is 28.6 Å². The minimum Gasteiger partial charge on any atom is -0.397 e. The first-order valence-electron chi connectivity index (χ1n) is 8.70. The van der Waals surface area contributed by atoms with E-state index in [0.717, 1.165) is 6.04 Å². The van der Waals surface area contributed by atoms with Gasteiger partial charge in [-0.2, -0.15) is 0 Å². The van der Waals surface area contributed by atoms with E-state index >= 15 is 0 Å². The first-order chi connectivity index (χ1) is 10.5. The molecule has 0 amide bonds. The molecule has 0 spiro atoms. The monoisotopic (exact) mass is 366 g/mol. The lowest BCUT2D eigenvalue weighted by atomic mass is 10.3. The second-order valence-corrected chi connectivity index (χ2v) is 16.0. The van der Waals surface area contributed by atoms with E-state index in [4.69, 9.17) is 17.7 Å². The van der Waals surface area contributed by atoms with Crippen LogP contribution in [0.25, 0.3) is 0 Å². The Hall–Kier alpha value is 0.274. The van der Waals surface area contributed by atoms with Crippen molar-refractivity contribution in [1.29, 1.82) is 0 Å². The van der Waals surface area contributed by atoms with E-state index in [0.29, 0.717) is 22.5 Å². The third-order valence-corrected chi connectivity index (χ3v) is 13.5. The van der Waals surface area contributed by atoms with Crippen molar-refractivity contribution in [3.8, 4) is 0 Å². The second kappa shape index (κ2) is 11.8. The van der Waals surface area contributed by atoms with Crippen molar-refractivity contribution >= 4 is 17.1 Å². The standard InChI is InChI=1S/C9H22O2Si.C8H20O2Si/c1-8(2)7-12(10-5,11-6)9(3)4;1-7(2)11(9-5,10-6)8(3)4/h8-9H,7H2,1-6H3;7-8H,1-6H3. The quantitative estimate of drug-likeness (QED) is 0.517. The van der Waals surface area contributed by atoms with Gasteiger partial charge in [0.15, 0.2) is 0 Å². The van der Waals surface area contributed by atoms with Crippen molar-refractivity contribution in [2.75, 3.05) is 28.4 Å². The Morgan fingerprint density at radius 2 is 0.913 bits per heavy atom. The predicted molar refractivity (Wildman–Crippen MR) is 104 cm³/mol. The molecule has 0 atom stereocenters. The van der Waals surface area contributed by atoms with Crippen molar-refractivity contribution < 1.29 is 17.7 Å². The van der Waals surface area contributed by atoms with Gasteiger partial charge in [-0.3, -0.25) is 0 Å². The van der Waals surface area contributed by atoms with Crippen molar-refractivity contribution in [3.63, 3.8) is 0 Å². The van der Waals surface area contributed by atoms with Crippen LogP contribution in [0.5, 0.6) is 0 Å². The van der Waals surface area contributed by atoms with E-state index in [1.165, 1.54) is 0 Å². The minimum atomic E-state index is -1.90. The molecule has 0 bridgehead atoms. The van der Waals surface area contributed by atoms with E-state index in [9.17, 15) is 0 Å². The molecule has 0 N–H and O–H groups in total. The zero-order valence-corrected chi connectivity index (χ0v) is 19.6. The van der Waals surface area contributed by atoms with E-state index < -0.39 is 17.1 Å². The number of hydrogen-bond donors (Lipinski definition) is 0. The Bertz CT molecular complexity index is 276. The molecule has 0 radical (unpaired) electrons. The van der Waals surface area contributed by atoms with Crippen LogP contribution >= 0.6 is 0 Å². The average Bonchev–Trinajstić information content (AvgIpc) is 2.46. The van der Waals surface area contributed by atoms with Gasteiger partial charge >= 0.3 is 17.1 Å². The highest BCUT2D eigenvalue weighted by atomic mass is 28.4. The highest BCUT2D eigenvalue weighted by Gasteiger charge is 2.42. The van der Waals surface area contributed by atoms with Crippen LogP contribution in [0.4, 0.5) is 0 Å². The molecule has 0 aromatic heterocycles. The van der Waals surface area contributed by atoms with Crippen molar-refractivity contribution in [2.45, 2.75) is 78.1 Å². The van der Waals surface area contributed by atoms with Crippen LogP contribution in [-0.4, -0.2) is 45.6 Å². The highest BCUT2D eigenvalue weighted by molar-refractivity contribution is 6.70. The van der Waals surface area contributed by atoms with Gasteiger partial charge in [-0.1, -0.05) is 55.4 Å². The Balaban J connectivity index is 0. The lowest BCUT2D eigenvalue weighted by molar-refractivity contribution is 0.223. The fourth-order valence-electron chi connectivity index (χ4n) is 3.22. The summed E-state index contributed by atoms with van der Waals surface area (Å²) in [5.41, 5.74) is 1.55. The first kappa shape index (κ1) is 25.5. The Morgan fingerprint density at radius 1 is 0.565 bits per heavy atom.